The highest BCUT2D eigenvalue weighted by Crippen LogP contribution is 2.21. The number of carbonyl (C=O) groups is 2. The Hall–Kier alpha value is -2.46. The third-order valence-electron chi connectivity index (χ3n) is 5.02. The number of likely N-dealkylation sites (tertiary alicyclic amines) is 1. The Morgan fingerprint density at radius 2 is 1.69 bits per heavy atom. The van der Waals surface area contributed by atoms with E-state index in [4.69, 9.17) is 0 Å². The Morgan fingerprint density at radius 3 is 2.38 bits per heavy atom. The molecular weight excluding hydrogens is 324 g/mol. The number of hydrogen-bond donors (Lipinski definition) is 1. The molecule has 0 radical (unpaired) electrons. The number of nitrogens with zero attached hydrogens (tertiary/aromatic N) is 1. The van der Waals surface area contributed by atoms with Crippen LogP contribution >= 0.6 is 0 Å². The molecule has 1 heterocycles. The second-order valence-electron chi connectivity index (χ2n) is 6.81. The summed E-state index contributed by atoms with van der Waals surface area (Å²) in [6.45, 7) is 1.63. The molecule has 1 aliphatic rings. The molecule has 3 rings (SSSR count). The number of carbonyl (C=O) groups excluding carboxylic acids is 2. The van der Waals surface area contributed by atoms with Crippen LogP contribution in [0.1, 0.15) is 36.0 Å². The first-order valence-electron chi connectivity index (χ1n) is 9.32. The van der Waals surface area contributed by atoms with Crippen LogP contribution < -0.4 is 5.32 Å². The molecule has 1 atom stereocenters. The first-order valence-corrected chi connectivity index (χ1v) is 9.32. The monoisotopic (exact) mass is 350 g/mol. The van der Waals surface area contributed by atoms with Gasteiger partial charge in [-0.2, -0.15) is 0 Å². The molecule has 2 aromatic rings. The van der Waals surface area contributed by atoms with E-state index in [-0.39, 0.29) is 24.2 Å². The molecule has 136 valence electrons. The van der Waals surface area contributed by atoms with Crippen molar-refractivity contribution in [1.29, 1.82) is 0 Å². The van der Waals surface area contributed by atoms with Crippen molar-refractivity contribution >= 4 is 11.7 Å². The second-order valence-corrected chi connectivity index (χ2v) is 6.81. The van der Waals surface area contributed by atoms with Crippen molar-refractivity contribution < 1.29 is 9.59 Å². The van der Waals surface area contributed by atoms with Gasteiger partial charge in [0.25, 0.3) is 0 Å². The van der Waals surface area contributed by atoms with E-state index in [0.717, 1.165) is 37.1 Å². The highest BCUT2D eigenvalue weighted by molar-refractivity contribution is 5.98. The molecule has 4 nitrogen and oxygen atoms in total. The van der Waals surface area contributed by atoms with Gasteiger partial charge in [0.05, 0.1) is 0 Å². The quantitative estimate of drug-likeness (QED) is 0.777. The largest absolute Gasteiger partial charge is 0.338 e. The predicted octanol–water partition coefficient (Wildman–Crippen LogP) is 3.53. The maximum atomic E-state index is 12.5. The minimum Gasteiger partial charge on any atom is -0.338 e. The van der Waals surface area contributed by atoms with Gasteiger partial charge in [0.15, 0.2) is 5.78 Å². The summed E-state index contributed by atoms with van der Waals surface area (Å²) in [4.78, 5) is 26.8. The molecule has 1 fully saturated rings. The molecule has 4 heteroatoms. The van der Waals surface area contributed by atoms with Gasteiger partial charge in [0.1, 0.15) is 0 Å². The molecule has 1 aliphatic heterocycles. The minimum absolute atomic E-state index is 0.0299. The van der Waals surface area contributed by atoms with E-state index in [9.17, 15) is 9.59 Å². The summed E-state index contributed by atoms with van der Waals surface area (Å²) in [6.07, 6.45) is 2.65. The molecule has 0 aliphatic carbocycles. The second kappa shape index (κ2) is 8.77. The summed E-state index contributed by atoms with van der Waals surface area (Å²) in [6, 6.07) is 18.0. The molecule has 0 bridgehead atoms. The van der Waals surface area contributed by atoms with Gasteiger partial charge in [-0.25, -0.2) is 0 Å². The van der Waals surface area contributed by atoms with Crippen LogP contribution in [0.15, 0.2) is 54.6 Å². The van der Waals surface area contributed by atoms with Crippen molar-refractivity contribution in [3.63, 3.8) is 0 Å². The molecule has 2 aromatic carbocycles. The molecule has 26 heavy (non-hydrogen) atoms. The first-order chi connectivity index (χ1) is 12.7. The Balaban J connectivity index is 1.56. The highest BCUT2D eigenvalue weighted by Gasteiger charge is 2.28. The molecule has 1 amide bonds. The van der Waals surface area contributed by atoms with E-state index in [1.165, 1.54) is 0 Å². The fourth-order valence-corrected chi connectivity index (χ4v) is 3.60. The number of ketones is 1. The van der Waals surface area contributed by atoms with Crippen LogP contribution in [0, 0.1) is 0 Å². The van der Waals surface area contributed by atoms with Crippen LogP contribution in [0.2, 0.25) is 0 Å². The number of likely N-dealkylation sites (N-methyl/N-ethyl adjacent to an activating group) is 1. The van der Waals surface area contributed by atoms with Gasteiger partial charge in [-0.05, 0) is 31.0 Å². The Bertz CT molecular complexity index is 740. The summed E-state index contributed by atoms with van der Waals surface area (Å²) in [5.41, 5.74) is 2.89. The van der Waals surface area contributed by atoms with E-state index in [0.29, 0.717) is 12.0 Å². The van der Waals surface area contributed by atoms with Gasteiger partial charge in [-0.1, -0.05) is 54.6 Å². The van der Waals surface area contributed by atoms with Gasteiger partial charge in [-0.15, -0.1) is 0 Å². The van der Waals surface area contributed by atoms with Crippen LogP contribution in [-0.2, 0) is 4.79 Å². The lowest BCUT2D eigenvalue weighted by Gasteiger charge is -2.24. The number of benzene rings is 2. The summed E-state index contributed by atoms with van der Waals surface area (Å²) >= 11 is 0. The van der Waals surface area contributed by atoms with Crippen molar-refractivity contribution in [2.24, 2.45) is 0 Å². The molecule has 0 saturated carbocycles. The smallest absolute Gasteiger partial charge is 0.223 e. The van der Waals surface area contributed by atoms with E-state index in [1.807, 2.05) is 66.5 Å². The van der Waals surface area contributed by atoms with Crippen molar-refractivity contribution in [3.05, 3.63) is 60.2 Å². The number of amides is 1. The van der Waals surface area contributed by atoms with Crippen LogP contribution in [0.3, 0.4) is 0 Å². The van der Waals surface area contributed by atoms with Crippen LogP contribution in [0.4, 0.5) is 0 Å². The lowest BCUT2D eigenvalue weighted by atomic mass is 10.0. The zero-order valence-electron chi connectivity index (χ0n) is 15.3. The average molecular weight is 350 g/mol. The minimum atomic E-state index is 0.0299. The lowest BCUT2D eigenvalue weighted by Crippen LogP contribution is -2.40. The van der Waals surface area contributed by atoms with Crippen molar-refractivity contribution in [3.8, 4) is 11.1 Å². The van der Waals surface area contributed by atoms with Gasteiger partial charge in [0, 0.05) is 37.5 Å². The summed E-state index contributed by atoms with van der Waals surface area (Å²) in [5, 5.41) is 3.14. The van der Waals surface area contributed by atoms with E-state index in [1.54, 1.807) is 0 Å². The summed E-state index contributed by atoms with van der Waals surface area (Å²) < 4.78 is 0. The normalized spacial score (nSPS) is 16.7. The first kappa shape index (κ1) is 18.3. The fourth-order valence-electron chi connectivity index (χ4n) is 3.60. The van der Waals surface area contributed by atoms with Crippen LogP contribution in [0.5, 0.6) is 0 Å². The van der Waals surface area contributed by atoms with Gasteiger partial charge < -0.3 is 10.2 Å². The fraction of sp³-hybridized carbons (Fsp3) is 0.364. The van der Waals surface area contributed by atoms with Crippen LogP contribution in [0.25, 0.3) is 11.1 Å². The van der Waals surface area contributed by atoms with Gasteiger partial charge in [0.2, 0.25) is 5.91 Å². The Labute approximate surface area is 155 Å². The number of hydrogen-bond acceptors (Lipinski definition) is 3. The van der Waals surface area contributed by atoms with Gasteiger partial charge in [-0.3, -0.25) is 9.59 Å². The molecular formula is C22H26N2O2. The molecule has 0 spiro atoms. The zero-order chi connectivity index (χ0) is 18.4. The van der Waals surface area contributed by atoms with E-state index < -0.39 is 0 Å². The topological polar surface area (TPSA) is 49.4 Å². The Morgan fingerprint density at radius 1 is 1.00 bits per heavy atom. The number of nitrogens with one attached hydrogen (secondary N) is 1. The molecule has 1 unspecified atom stereocenters. The standard InChI is InChI=1S/C22H26N2O2/c1-23-16-20-8-5-15-24(20)22(26)14-13-21(25)19-11-9-18(10-12-19)17-6-3-2-4-7-17/h2-4,6-7,9-12,20,23H,5,8,13-16H2,1H3. The van der Waals surface area contributed by atoms with Crippen molar-refractivity contribution in [1.82, 2.24) is 10.2 Å². The maximum absolute atomic E-state index is 12.5. The predicted molar refractivity (Wildman–Crippen MR) is 104 cm³/mol. The highest BCUT2D eigenvalue weighted by atomic mass is 16.2. The van der Waals surface area contributed by atoms with Crippen LogP contribution in [-0.4, -0.2) is 42.8 Å². The number of rotatable bonds is 7. The molecule has 0 aromatic heterocycles. The zero-order valence-corrected chi connectivity index (χ0v) is 15.3. The third kappa shape index (κ3) is 4.38. The maximum Gasteiger partial charge on any atom is 0.223 e. The Kier molecular flexibility index (Phi) is 6.18. The van der Waals surface area contributed by atoms with Crippen molar-refractivity contribution in [2.75, 3.05) is 20.1 Å². The average Bonchev–Trinajstić information content (AvgIpc) is 3.15. The number of Topliss-reactive ketones (excluding diaryl/α,β-unsaturated/α-hetero) is 1. The lowest BCUT2D eigenvalue weighted by molar-refractivity contribution is -0.131. The summed E-state index contributed by atoms with van der Waals surface area (Å²) in [5.74, 6) is 0.124. The molecule has 1 saturated heterocycles. The van der Waals surface area contributed by atoms with Gasteiger partial charge >= 0.3 is 0 Å². The van der Waals surface area contributed by atoms with E-state index >= 15 is 0 Å². The van der Waals surface area contributed by atoms with Crippen molar-refractivity contribution in [2.45, 2.75) is 31.7 Å². The summed E-state index contributed by atoms with van der Waals surface area (Å²) in [7, 11) is 1.91. The SMILES string of the molecule is CNCC1CCCN1C(=O)CCC(=O)c1ccc(-c2ccccc2)cc1. The third-order valence-corrected chi connectivity index (χ3v) is 5.02. The molecule has 1 N–H and O–H groups in total. The van der Waals surface area contributed by atoms with E-state index in [2.05, 4.69) is 5.32 Å².